The van der Waals surface area contributed by atoms with E-state index in [4.69, 9.17) is 14.7 Å². The SMILES string of the molecule is COc1ccc(C(=O)C2=NO[C@@H]3C(=O)N(c4ccc(C(=O)O)cc4)C(=O)[C@@H]23)cc1. The van der Waals surface area contributed by atoms with Gasteiger partial charge in [0.2, 0.25) is 17.8 Å². The zero-order chi connectivity index (χ0) is 20.7. The maximum atomic E-state index is 12.9. The number of rotatable bonds is 5. The van der Waals surface area contributed by atoms with Gasteiger partial charge >= 0.3 is 5.97 Å². The molecule has 0 aliphatic carbocycles. The van der Waals surface area contributed by atoms with Crippen molar-refractivity contribution in [3.05, 3.63) is 59.7 Å². The Morgan fingerprint density at radius 3 is 2.21 bits per heavy atom. The normalized spacial score (nSPS) is 20.2. The van der Waals surface area contributed by atoms with Crippen molar-refractivity contribution in [2.45, 2.75) is 6.10 Å². The molecular formula is C20H14N2O7. The minimum atomic E-state index is -1.22. The second-order valence-corrected chi connectivity index (χ2v) is 6.40. The summed E-state index contributed by atoms with van der Waals surface area (Å²) in [4.78, 5) is 55.4. The van der Waals surface area contributed by atoms with Crippen molar-refractivity contribution in [1.29, 1.82) is 0 Å². The number of methoxy groups -OCH3 is 1. The molecule has 2 amide bonds. The number of amides is 2. The third-order valence-corrected chi connectivity index (χ3v) is 4.77. The number of ketones is 1. The zero-order valence-corrected chi connectivity index (χ0v) is 15.1. The van der Waals surface area contributed by atoms with Gasteiger partial charge in [-0.3, -0.25) is 14.4 Å². The number of carbonyl (C=O) groups excluding carboxylic acids is 3. The lowest BCUT2D eigenvalue weighted by atomic mass is 9.93. The standard InChI is InChI=1S/C20H14N2O7/c1-28-13-8-4-10(5-9-13)16(23)15-14-17(29-21-15)19(25)22(18(14)24)12-6-2-11(3-7-12)20(26)27/h2-9,14,17H,1H3,(H,26,27)/t14-,17-/m0/s1. The number of hydrogen-bond acceptors (Lipinski definition) is 7. The molecule has 0 bridgehead atoms. The highest BCUT2D eigenvalue weighted by Gasteiger charge is 2.57. The predicted octanol–water partition coefficient (Wildman–Crippen LogP) is 1.52. The van der Waals surface area contributed by atoms with E-state index in [1.54, 1.807) is 12.1 Å². The average Bonchev–Trinajstić information content (AvgIpc) is 3.28. The summed E-state index contributed by atoms with van der Waals surface area (Å²) in [6, 6.07) is 11.5. The molecule has 146 valence electrons. The average molecular weight is 394 g/mol. The van der Waals surface area contributed by atoms with E-state index < -0.39 is 35.6 Å². The molecule has 0 unspecified atom stereocenters. The first-order chi connectivity index (χ1) is 13.9. The second-order valence-electron chi connectivity index (χ2n) is 6.40. The van der Waals surface area contributed by atoms with Gasteiger partial charge in [-0.25, -0.2) is 9.69 Å². The van der Waals surface area contributed by atoms with Gasteiger partial charge in [-0.05, 0) is 48.5 Å². The zero-order valence-electron chi connectivity index (χ0n) is 15.1. The summed E-state index contributed by atoms with van der Waals surface area (Å²) < 4.78 is 5.05. The summed E-state index contributed by atoms with van der Waals surface area (Å²) in [5.74, 6) is -3.56. The van der Waals surface area contributed by atoms with Gasteiger partial charge in [0.25, 0.3) is 5.91 Å². The monoisotopic (exact) mass is 394 g/mol. The molecule has 29 heavy (non-hydrogen) atoms. The van der Waals surface area contributed by atoms with Crippen molar-refractivity contribution >= 4 is 35.0 Å². The summed E-state index contributed by atoms with van der Waals surface area (Å²) in [6.07, 6.45) is -1.22. The highest BCUT2D eigenvalue weighted by Crippen LogP contribution is 2.34. The lowest BCUT2D eigenvalue weighted by Crippen LogP contribution is -2.34. The Hall–Kier alpha value is -4.01. The van der Waals surface area contributed by atoms with Crippen LogP contribution in [-0.4, -0.2) is 47.6 Å². The van der Waals surface area contributed by atoms with Crippen LogP contribution in [0, 0.1) is 5.92 Å². The van der Waals surface area contributed by atoms with E-state index in [0.29, 0.717) is 5.75 Å². The van der Waals surface area contributed by atoms with E-state index in [2.05, 4.69) is 5.16 Å². The van der Waals surface area contributed by atoms with Crippen LogP contribution in [0.25, 0.3) is 0 Å². The maximum Gasteiger partial charge on any atom is 0.335 e. The highest BCUT2D eigenvalue weighted by atomic mass is 16.7. The number of hydrogen-bond donors (Lipinski definition) is 1. The van der Waals surface area contributed by atoms with Crippen molar-refractivity contribution in [3.63, 3.8) is 0 Å². The van der Waals surface area contributed by atoms with Gasteiger partial charge in [0.15, 0.2) is 0 Å². The van der Waals surface area contributed by atoms with Crippen LogP contribution in [-0.2, 0) is 14.4 Å². The van der Waals surface area contributed by atoms with Crippen LogP contribution in [0.5, 0.6) is 5.75 Å². The summed E-state index contributed by atoms with van der Waals surface area (Å²) >= 11 is 0. The Labute approximate surface area is 164 Å². The van der Waals surface area contributed by atoms with Crippen LogP contribution in [0.1, 0.15) is 20.7 Å². The summed E-state index contributed by atoms with van der Waals surface area (Å²) in [5.41, 5.74) is 0.335. The molecule has 1 fully saturated rings. The molecule has 0 spiro atoms. The Morgan fingerprint density at radius 1 is 1.00 bits per heavy atom. The molecule has 0 saturated carbocycles. The first-order valence-corrected chi connectivity index (χ1v) is 8.56. The fourth-order valence-electron chi connectivity index (χ4n) is 3.26. The Morgan fingerprint density at radius 2 is 1.62 bits per heavy atom. The Kier molecular flexibility index (Phi) is 4.34. The van der Waals surface area contributed by atoms with Gasteiger partial charge in [0, 0.05) is 5.56 Å². The van der Waals surface area contributed by atoms with Crippen molar-refractivity contribution in [1.82, 2.24) is 0 Å². The van der Waals surface area contributed by atoms with Crippen LogP contribution >= 0.6 is 0 Å². The largest absolute Gasteiger partial charge is 0.497 e. The second kappa shape index (κ2) is 6.86. The molecule has 2 aliphatic rings. The van der Waals surface area contributed by atoms with E-state index in [-0.39, 0.29) is 22.5 Å². The third kappa shape index (κ3) is 2.92. The fourth-order valence-corrected chi connectivity index (χ4v) is 3.26. The predicted molar refractivity (Wildman–Crippen MR) is 99.0 cm³/mol. The van der Waals surface area contributed by atoms with Crippen LogP contribution in [0.4, 0.5) is 5.69 Å². The van der Waals surface area contributed by atoms with Gasteiger partial charge < -0.3 is 14.7 Å². The molecule has 1 saturated heterocycles. The van der Waals surface area contributed by atoms with E-state index in [0.717, 1.165) is 4.90 Å². The first kappa shape index (κ1) is 18.4. The van der Waals surface area contributed by atoms with Crippen molar-refractivity contribution in [3.8, 4) is 5.75 Å². The molecule has 0 aromatic heterocycles. The molecule has 2 aromatic carbocycles. The number of benzene rings is 2. The summed E-state index contributed by atoms with van der Waals surface area (Å²) in [7, 11) is 1.50. The number of anilines is 1. The molecular weight excluding hydrogens is 380 g/mol. The van der Waals surface area contributed by atoms with Gasteiger partial charge in [-0.2, -0.15) is 0 Å². The van der Waals surface area contributed by atoms with Crippen LogP contribution < -0.4 is 9.64 Å². The summed E-state index contributed by atoms with van der Waals surface area (Å²) in [6.45, 7) is 0. The molecule has 2 aliphatic heterocycles. The third-order valence-electron chi connectivity index (χ3n) is 4.77. The lowest BCUT2D eigenvalue weighted by Gasteiger charge is -2.15. The molecule has 9 heteroatoms. The topological polar surface area (TPSA) is 123 Å². The molecule has 2 heterocycles. The van der Waals surface area contributed by atoms with Crippen LogP contribution in [0.2, 0.25) is 0 Å². The molecule has 4 rings (SSSR count). The number of carboxylic acid groups (broad SMARTS) is 1. The van der Waals surface area contributed by atoms with Gasteiger partial charge in [0.05, 0.1) is 18.4 Å². The number of aromatic carboxylic acids is 1. The number of carbonyl (C=O) groups is 4. The van der Waals surface area contributed by atoms with Gasteiger partial charge in [-0.15, -0.1) is 0 Å². The quantitative estimate of drug-likeness (QED) is 0.602. The Bertz CT molecular complexity index is 1060. The number of nitrogens with zero attached hydrogens (tertiary/aromatic N) is 2. The van der Waals surface area contributed by atoms with Crippen molar-refractivity contribution in [2.24, 2.45) is 11.1 Å². The minimum Gasteiger partial charge on any atom is -0.497 e. The smallest absolute Gasteiger partial charge is 0.335 e. The first-order valence-electron chi connectivity index (χ1n) is 8.56. The van der Waals surface area contributed by atoms with E-state index >= 15 is 0 Å². The summed E-state index contributed by atoms with van der Waals surface area (Å²) in [5, 5.41) is 12.7. The van der Waals surface area contributed by atoms with Gasteiger partial charge in [-0.1, -0.05) is 5.16 Å². The number of ether oxygens (including phenoxy) is 1. The number of fused-ring (bicyclic) bond motifs is 1. The highest BCUT2D eigenvalue weighted by molar-refractivity contribution is 6.52. The molecule has 0 radical (unpaired) electrons. The van der Waals surface area contributed by atoms with Crippen molar-refractivity contribution in [2.75, 3.05) is 12.0 Å². The fraction of sp³-hybridized carbons (Fsp3) is 0.150. The number of imide groups is 1. The van der Waals surface area contributed by atoms with Crippen LogP contribution in [0.15, 0.2) is 53.7 Å². The van der Waals surface area contributed by atoms with Crippen molar-refractivity contribution < 1.29 is 33.9 Å². The molecule has 1 N–H and O–H groups in total. The van der Waals surface area contributed by atoms with Gasteiger partial charge in [0.1, 0.15) is 17.4 Å². The van der Waals surface area contributed by atoms with Crippen LogP contribution in [0.3, 0.4) is 0 Å². The molecule has 2 aromatic rings. The van der Waals surface area contributed by atoms with E-state index in [9.17, 15) is 19.2 Å². The molecule has 2 atom stereocenters. The Balaban J connectivity index is 1.61. The van der Waals surface area contributed by atoms with E-state index in [1.807, 2.05) is 0 Å². The maximum absolute atomic E-state index is 12.9. The number of carboxylic acids is 1. The minimum absolute atomic E-state index is 0.0150. The number of oxime groups is 1. The van der Waals surface area contributed by atoms with E-state index in [1.165, 1.54) is 43.5 Å². The lowest BCUT2D eigenvalue weighted by molar-refractivity contribution is -0.126. The molecule has 9 nitrogen and oxygen atoms in total. The number of Topliss-reactive ketones (excluding diaryl/α,β-unsaturated/α-hetero) is 1.